The quantitative estimate of drug-likeness (QED) is 0.292. The summed E-state index contributed by atoms with van der Waals surface area (Å²) in [6, 6.07) is 29.1. The average molecular weight is 596 g/mol. The van der Waals surface area contributed by atoms with E-state index in [4.69, 9.17) is 23.7 Å². The summed E-state index contributed by atoms with van der Waals surface area (Å²) in [5, 5.41) is 4.21. The molecule has 42 heavy (non-hydrogen) atoms. The second-order valence-electron chi connectivity index (χ2n) is 10.4. The fourth-order valence-corrected chi connectivity index (χ4v) is 7.55. The first-order chi connectivity index (χ1) is 20.7. The predicted molar refractivity (Wildman–Crippen MR) is 172 cm³/mol. The van der Waals surface area contributed by atoms with Gasteiger partial charge in [-0.15, -0.1) is 5.30 Å². The molecule has 1 aliphatic rings. The number of benzene rings is 2. The molecule has 7 nitrogen and oxygen atoms in total. The van der Waals surface area contributed by atoms with Crippen LogP contribution in [-0.2, 0) is 23.7 Å². The Bertz CT molecular complexity index is 1040. The largest absolute Gasteiger partial charge is 0.378 e. The summed E-state index contributed by atoms with van der Waals surface area (Å²) in [5.74, 6) is 0. The lowest BCUT2D eigenvalue weighted by Crippen LogP contribution is -2.39. The number of nitrogens with zero attached hydrogens (tertiary/aromatic N) is 2. The van der Waals surface area contributed by atoms with Gasteiger partial charge in [0, 0.05) is 26.2 Å². The molecular weight excluding hydrogens is 547 g/mol. The zero-order chi connectivity index (χ0) is 29.2. The van der Waals surface area contributed by atoms with Gasteiger partial charge >= 0.3 is 0 Å². The minimum Gasteiger partial charge on any atom is -0.378 e. The average Bonchev–Trinajstić information content (AvgIpc) is 3.50. The van der Waals surface area contributed by atoms with Crippen molar-refractivity contribution in [3.8, 4) is 0 Å². The second-order valence-corrected chi connectivity index (χ2v) is 12.6. The zero-order valence-corrected chi connectivity index (χ0v) is 26.3. The van der Waals surface area contributed by atoms with Crippen LogP contribution >= 0.6 is 7.92 Å². The van der Waals surface area contributed by atoms with Crippen molar-refractivity contribution < 1.29 is 23.7 Å². The first-order valence-corrected chi connectivity index (χ1v) is 16.6. The third-order valence-electron chi connectivity index (χ3n) is 7.57. The Morgan fingerprint density at radius 2 is 1.14 bits per heavy atom. The van der Waals surface area contributed by atoms with E-state index in [-0.39, 0.29) is 0 Å². The van der Waals surface area contributed by atoms with Gasteiger partial charge in [-0.25, -0.2) is 6.07 Å². The lowest BCUT2D eigenvalue weighted by Gasteiger charge is -2.34. The molecule has 8 heteroatoms. The van der Waals surface area contributed by atoms with Crippen molar-refractivity contribution in [2.24, 2.45) is 0 Å². The van der Waals surface area contributed by atoms with E-state index in [0.29, 0.717) is 72.1 Å². The van der Waals surface area contributed by atoms with E-state index in [9.17, 15) is 0 Å². The monoisotopic (exact) mass is 595 g/mol. The van der Waals surface area contributed by atoms with E-state index in [0.717, 1.165) is 26.2 Å². The van der Waals surface area contributed by atoms with Gasteiger partial charge in [-0.05, 0) is 31.6 Å². The van der Waals surface area contributed by atoms with E-state index in [2.05, 4.69) is 103 Å². The molecule has 0 aromatic heterocycles. The van der Waals surface area contributed by atoms with E-state index in [1.165, 1.54) is 21.5 Å². The number of hydrogen-bond donors (Lipinski definition) is 0. The molecule has 0 aliphatic carbocycles. The van der Waals surface area contributed by atoms with Gasteiger partial charge < -0.3 is 28.6 Å². The molecule has 0 amide bonds. The molecule has 0 spiro atoms. The molecule has 0 radical (unpaired) electrons. The summed E-state index contributed by atoms with van der Waals surface area (Å²) in [7, 11) is 1.61. The zero-order valence-electron chi connectivity index (χ0n) is 25.4. The van der Waals surface area contributed by atoms with Crippen LogP contribution in [0.15, 0.2) is 78.9 Å². The summed E-state index contributed by atoms with van der Waals surface area (Å²) >= 11 is 0. The van der Waals surface area contributed by atoms with Crippen LogP contribution in [0.4, 0.5) is 0 Å². The van der Waals surface area contributed by atoms with Gasteiger partial charge in [0.15, 0.2) is 0 Å². The molecule has 1 fully saturated rings. The Hall–Kier alpha value is -2.06. The molecule has 1 heterocycles. The van der Waals surface area contributed by atoms with E-state index >= 15 is 0 Å². The topological polar surface area (TPSA) is 52.6 Å². The van der Waals surface area contributed by atoms with Gasteiger partial charge in [-0.2, -0.15) is 17.7 Å². The van der Waals surface area contributed by atoms with Gasteiger partial charge in [-0.1, -0.05) is 67.6 Å². The Kier molecular flexibility index (Phi) is 15.1. The number of rotatable bonds is 8. The van der Waals surface area contributed by atoms with Gasteiger partial charge in [0.2, 0.25) is 0 Å². The summed E-state index contributed by atoms with van der Waals surface area (Å²) in [4.78, 5) is 4.91. The van der Waals surface area contributed by atoms with Crippen LogP contribution in [-0.4, -0.2) is 109 Å². The molecule has 0 saturated carbocycles. The summed E-state index contributed by atoms with van der Waals surface area (Å²) in [5.41, 5.74) is 1.41. The number of likely N-dealkylation sites (N-methyl/N-ethyl adjacent to an activating group) is 1. The van der Waals surface area contributed by atoms with Gasteiger partial charge in [0.05, 0.1) is 66.1 Å². The minimum absolute atomic E-state index is 0.290. The van der Waals surface area contributed by atoms with Gasteiger partial charge in [0.1, 0.15) is 0 Å². The first-order valence-electron chi connectivity index (χ1n) is 15.2. The van der Waals surface area contributed by atoms with E-state index < -0.39 is 7.92 Å². The molecule has 3 aromatic carbocycles. The van der Waals surface area contributed by atoms with Crippen LogP contribution < -0.4 is 15.9 Å². The maximum Gasteiger partial charge on any atom is 0.0701 e. The van der Waals surface area contributed by atoms with Gasteiger partial charge in [0.25, 0.3) is 0 Å². The Labute approximate surface area is 253 Å². The highest BCUT2D eigenvalue weighted by Gasteiger charge is 2.19. The summed E-state index contributed by atoms with van der Waals surface area (Å²) in [6.07, 6.45) is 0. The number of ether oxygens (including phenoxy) is 5. The molecule has 0 N–H and O–H groups in total. The third kappa shape index (κ3) is 10.9. The van der Waals surface area contributed by atoms with E-state index in [1.807, 2.05) is 0 Å². The van der Waals surface area contributed by atoms with Crippen LogP contribution in [0.1, 0.15) is 18.5 Å². The Morgan fingerprint density at radius 1 is 0.690 bits per heavy atom. The molecule has 230 valence electrons. The highest BCUT2D eigenvalue weighted by molar-refractivity contribution is 7.79. The van der Waals surface area contributed by atoms with Crippen molar-refractivity contribution in [3.05, 3.63) is 84.4 Å². The van der Waals surface area contributed by atoms with Crippen molar-refractivity contribution >= 4 is 23.8 Å². The maximum atomic E-state index is 5.87. The van der Waals surface area contributed by atoms with Crippen molar-refractivity contribution in [1.82, 2.24) is 9.80 Å². The summed E-state index contributed by atoms with van der Waals surface area (Å²) < 4.78 is 28.4. The van der Waals surface area contributed by atoms with Crippen molar-refractivity contribution in [1.29, 1.82) is 0 Å². The first kappa shape index (κ1) is 32.8. The number of hydrogen-bond acceptors (Lipinski definition) is 7. The summed E-state index contributed by atoms with van der Waals surface area (Å²) in [6.45, 7) is 12.0. The smallest absolute Gasteiger partial charge is 0.0701 e. The van der Waals surface area contributed by atoms with Crippen LogP contribution in [0.2, 0.25) is 0 Å². The van der Waals surface area contributed by atoms with E-state index in [1.54, 1.807) is 0 Å². The molecule has 0 bridgehead atoms. The SMILES string of the molecule is C[C@@H](c1cc[cH-]c1P(c1ccccc1)c1ccccc1)N(C)CCN1CCOCCOCCOCCOCCOCC1. The second kappa shape index (κ2) is 19.3. The van der Waals surface area contributed by atoms with Crippen molar-refractivity contribution in [3.63, 3.8) is 0 Å². The molecule has 0 unspecified atom stereocenters. The van der Waals surface area contributed by atoms with Gasteiger partial charge in [-0.3, -0.25) is 4.90 Å². The predicted octanol–water partition coefficient (Wildman–Crippen LogP) is 3.56. The minimum atomic E-state index is -0.633. The normalized spacial score (nSPS) is 18.5. The molecule has 3 aromatic rings. The fourth-order valence-electron chi connectivity index (χ4n) is 5.00. The fraction of sp³-hybridized carbons (Fsp3) is 0.500. The standard InChI is InChI=1S/C34H48N2O5P/c1-30(33-14-9-15-34(33)42(31-10-5-3-6-11-31)32-12-7-4-8-13-32)35(2)16-17-36-18-20-37-22-24-39-26-28-41-29-27-40-25-23-38-21-19-36/h3-15,30H,16-29H2,1-2H3/q-1/t30-/m0/s1. The highest BCUT2D eigenvalue weighted by atomic mass is 31.1. The molecule has 1 aliphatic heterocycles. The highest BCUT2D eigenvalue weighted by Crippen LogP contribution is 2.36. The lowest BCUT2D eigenvalue weighted by atomic mass is 10.1. The van der Waals surface area contributed by atoms with Crippen LogP contribution in [0, 0.1) is 0 Å². The molecule has 1 saturated heterocycles. The maximum absolute atomic E-state index is 5.87. The lowest BCUT2D eigenvalue weighted by molar-refractivity contribution is -0.0189. The Balaban J connectivity index is 1.36. The van der Waals surface area contributed by atoms with Crippen LogP contribution in [0.5, 0.6) is 0 Å². The Morgan fingerprint density at radius 3 is 1.62 bits per heavy atom. The van der Waals surface area contributed by atoms with Crippen molar-refractivity contribution in [2.45, 2.75) is 13.0 Å². The third-order valence-corrected chi connectivity index (χ3v) is 10.1. The van der Waals surface area contributed by atoms with Crippen LogP contribution in [0.25, 0.3) is 0 Å². The van der Waals surface area contributed by atoms with Crippen LogP contribution in [0.3, 0.4) is 0 Å². The molecule has 1 atom stereocenters. The van der Waals surface area contributed by atoms with Crippen molar-refractivity contribution in [2.75, 3.05) is 99.3 Å². The molecular formula is C34H48N2O5P-. The molecule has 4 rings (SSSR count).